The van der Waals surface area contributed by atoms with Crippen molar-refractivity contribution < 1.29 is 19.0 Å². The van der Waals surface area contributed by atoms with Gasteiger partial charge in [0, 0.05) is 9.79 Å². The molecule has 0 spiro atoms. The second-order valence-electron chi connectivity index (χ2n) is 6.06. The number of benzene rings is 3. The summed E-state index contributed by atoms with van der Waals surface area (Å²) < 4.78 is 24.9. The van der Waals surface area contributed by atoms with Crippen LogP contribution in [0.25, 0.3) is 0 Å². The van der Waals surface area contributed by atoms with E-state index in [9.17, 15) is 9.50 Å². The van der Waals surface area contributed by atoms with Gasteiger partial charge in [-0.3, -0.25) is 0 Å². The lowest BCUT2D eigenvalue weighted by Gasteiger charge is -2.14. The van der Waals surface area contributed by atoms with Crippen molar-refractivity contribution in [3.8, 4) is 11.5 Å². The van der Waals surface area contributed by atoms with Gasteiger partial charge in [-0.2, -0.15) is 0 Å². The Hall–Kier alpha value is -2.50. The Kier molecular flexibility index (Phi) is 6.37. The molecule has 5 heteroatoms. The molecule has 0 unspecified atom stereocenters. The number of hydrogen-bond acceptors (Lipinski definition) is 4. The van der Waals surface area contributed by atoms with Crippen LogP contribution in [0.15, 0.2) is 70.5 Å². The third-order valence-electron chi connectivity index (χ3n) is 4.08. The zero-order valence-electron chi connectivity index (χ0n) is 15.2. The first-order chi connectivity index (χ1) is 13.1. The number of hydrogen-bond donors (Lipinski definition) is 1. The molecule has 0 aliphatic heterocycles. The quantitative estimate of drug-likeness (QED) is 0.595. The van der Waals surface area contributed by atoms with Crippen molar-refractivity contribution in [1.29, 1.82) is 0 Å². The number of aryl methyl sites for hydroxylation is 1. The summed E-state index contributed by atoms with van der Waals surface area (Å²) in [6.07, 6.45) is 0. The summed E-state index contributed by atoms with van der Waals surface area (Å²) in [5.41, 5.74) is 2.43. The summed E-state index contributed by atoms with van der Waals surface area (Å²) in [7, 11) is 1.60. The average molecular weight is 384 g/mol. The summed E-state index contributed by atoms with van der Waals surface area (Å²) >= 11 is 1.46. The number of rotatable bonds is 7. The Morgan fingerprint density at radius 2 is 1.78 bits per heavy atom. The molecule has 1 N–H and O–H groups in total. The molecule has 0 aromatic heterocycles. The molecule has 0 amide bonds. The van der Waals surface area contributed by atoms with Gasteiger partial charge in [0.1, 0.15) is 12.4 Å². The van der Waals surface area contributed by atoms with Crippen LogP contribution < -0.4 is 9.47 Å². The molecular formula is C22H21FO3S. The summed E-state index contributed by atoms with van der Waals surface area (Å²) in [4.78, 5) is 1.77. The van der Waals surface area contributed by atoms with Crippen molar-refractivity contribution in [2.75, 3.05) is 7.11 Å². The van der Waals surface area contributed by atoms with Gasteiger partial charge in [-0.05, 0) is 53.9 Å². The Labute approximate surface area is 162 Å². The minimum Gasteiger partial charge on any atom is -0.493 e. The molecule has 0 fully saturated rings. The van der Waals surface area contributed by atoms with Crippen molar-refractivity contribution in [3.63, 3.8) is 0 Å². The lowest BCUT2D eigenvalue weighted by molar-refractivity contribution is 0.278. The molecule has 0 saturated carbocycles. The first kappa shape index (κ1) is 19.3. The number of ether oxygens (including phenoxy) is 2. The summed E-state index contributed by atoms with van der Waals surface area (Å²) in [5, 5.41) is 9.54. The van der Waals surface area contributed by atoms with Crippen molar-refractivity contribution >= 4 is 11.8 Å². The molecule has 3 aromatic carbocycles. The van der Waals surface area contributed by atoms with E-state index in [2.05, 4.69) is 0 Å². The van der Waals surface area contributed by atoms with E-state index in [0.717, 1.165) is 20.9 Å². The van der Waals surface area contributed by atoms with Crippen LogP contribution in [0.3, 0.4) is 0 Å². The Bertz CT molecular complexity index is 913. The molecular weight excluding hydrogens is 363 g/mol. The lowest BCUT2D eigenvalue weighted by Crippen LogP contribution is -1.98. The highest BCUT2D eigenvalue weighted by Gasteiger charge is 2.12. The number of aliphatic hydroxyl groups is 1. The SMILES string of the molecule is COc1cc(Sc2c(C)cc(F)cc2CO)ccc1OCc1ccccc1. The number of halogens is 1. The van der Waals surface area contributed by atoms with Crippen LogP contribution in [0.4, 0.5) is 4.39 Å². The lowest BCUT2D eigenvalue weighted by atomic mass is 10.1. The molecule has 0 radical (unpaired) electrons. The third kappa shape index (κ3) is 4.81. The average Bonchev–Trinajstić information content (AvgIpc) is 2.69. The maximum Gasteiger partial charge on any atom is 0.161 e. The molecule has 3 nitrogen and oxygen atoms in total. The zero-order chi connectivity index (χ0) is 19.2. The molecule has 0 saturated heterocycles. The molecule has 3 aromatic rings. The van der Waals surface area contributed by atoms with Gasteiger partial charge in [-0.15, -0.1) is 0 Å². The van der Waals surface area contributed by atoms with Gasteiger partial charge >= 0.3 is 0 Å². The summed E-state index contributed by atoms with van der Waals surface area (Å²) in [5.74, 6) is 0.938. The van der Waals surface area contributed by atoms with Gasteiger partial charge < -0.3 is 14.6 Å². The maximum absolute atomic E-state index is 13.6. The monoisotopic (exact) mass is 384 g/mol. The Morgan fingerprint density at radius 1 is 1.00 bits per heavy atom. The first-order valence-electron chi connectivity index (χ1n) is 8.53. The topological polar surface area (TPSA) is 38.7 Å². The highest BCUT2D eigenvalue weighted by molar-refractivity contribution is 7.99. The molecule has 0 heterocycles. The van der Waals surface area contributed by atoms with Gasteiger partial charge in [0.05, 0.1) is 13.7 Å². The van der Waals surface area contributed by atoms with Crippen LogP contribution in [-0.2, 0) is 13.2 Å². The van der Waals surface area contributed by atoms with E-state index in [0.29, 0.717) is 23.7 Å². The normalized spacial score (nSPS) is 10.7. The van der Waals surface area contributed by atoms with Gasteiger partial charge in [-0.1, -0.05) is 42.1 Å². The van der Waals surface area contributed by atoms with Crippen LogP contribution >= 0.6 is 11.8 Å². The van der Waals surface area contributed by atoms with Crippen LogP contribution in [0.5, 0.6) is 11.5 Å². The smallest absolute Gasteiger partial charge is 0.161 e. The van der Waals surface area contributed by atoms with Gasteiger partial charge in [-0.25, -0.2) is 4.39 Å². The van der Waals surface area contributed by atoms with E-state index in [1.807, 2.05) is 55.5 Å². The Balaban J connectivity index is 1.80. The fourth-order valence-electron chi connectivity index (χ4n) is 2.75. The summed E-state index contributed by atoms with van der Waals surface area (Å²) in [6, 6.07) is 18.4. The van der Waals surface area contributed by atoms with Crippen molar-refractivity contribution in [1.82, 2.24) is 0 Å². The predicted octanol–water partition coefficient (Wildman–Crippen LogP) is 5.37. The van der Waals surface area contributed by atoms with E-state index in [1.54, 1.807) is 7.11 Å². The molecule has 0 aliphatic rings. The van der Waals surface area contributed by atoms with E-state index in [4.69, 9.17) is 9.47 Å². The third-order valence-corrected chi connectivity index (χ3v) is 5.36. The highest BCUT2D eigenvalue weighted by atomic mass is 32.2. The maximum atomic E-state index is 13.6. The number of methoxy groups -OCH3 is 1. The molecule has 0 atom stereocenters. The zero-order valence-corrected chi connectivity index (χ0v) is 16.1. The first-order valence-corrected chi connectivity index (χ1v) is 9.35. The van der Waals surface area contributed by atoms with E-state index in [1.165, 1.54) is 23.9 Å². The largest absolute Gasteiger partial charge is 0.493 e. The van der Waals surface area contributed by atoms with Crippen LogP contribution in [0.2, 0.25) is 0 Å². The van der Waals surface area contributed by atoms with E-state index in [-0.39, 0.29) is 12.4 Å². The van der Waals surface area contributed by atoms with Gasteiger partial charge in [0.25, 0.3) is 0 Å². The van der Waals surface area contributed by atoms with Crippen molar-refractivity contribution in [2.45, 2.75) is 29.9 Å². The highest BCUT2D eigenvalue weighted by Crippen LogP contribution is 2.38. The molecule has 0 bridgehead atoms. The molecule has 140 valence electrons. The standard InChI is InChI=1S/C22H21FO3S/c1-15-10-18(23)11-17(13-24)22(15)27-19-8-9-20(21(12-19)25-2)26-14-16-6-4-3-5-7-16/h3-12,24H,13-14H2,1-2H3. The molecule has 3 rings (SSSR count). The second kappa shape index (κ2) is 8.93. The van der Waals surface area contributed by atoms with Crippen LogP contribution in [-0.4, -0.2) is 12.2 Å². The van der Waals surface area contributed by atoms with Crippen LogP contribution in [0.1, 0.15) is 16.7 Å². The van der Waals surface area contributed by atoms with E-state index >= 15 is 0 Å². The minimum absolute atomic E-state index is 0.212. The van der Waals surface area contributed by atoms with Gasteiger partial charge in [0.2, 0.25) is 0 Å². The molecule has 0 aliphatic carbocycles. The second-order valence-corrected chi connectivity index (χ2v) is 7.14. The predicted molar refractivity (Wildman–Crippen MR) is 105 cm³/mol. The van der Waals surface area contributed by atoms with E-state index < -0.39 is 0 Å². The summed E-state index contributed by atoms with van der Waals surface area (Å²) in [6.45, 7) is 2.07. The van der Waals surface area contributed by atoms with Crippen molar-refractivity contribution in [2.24, 2.45) is 0 Å². The fraction of sp³-hybridized carbons (Fsp3) is 0.182. The van der Waals surface area contributed by atoms with Gasteiger partial charge in [0.15, 0.2) is 11.5 Å². The Morgan fingerprint density at radius 3 is 2.48 bits per heavy atom. The molecule has 27 heavy (non-hydrogen) atoms. The van der Waals surface area contributed by atoms with Crippen LogP contribution in [0, 0.1) is 12.7 Å². The van der Waals surface area contributed by atoms with Crippen molar-refractivity contribution in [3.05, 3.63) is 83.2 Å². The number of aliphatic hydroxyl groups excluding tert-OH is 1. The minimum atomic E-state index is -0.344. The fourth-order valence-corrected chi connectivity index (χ4v) is 3.76.